The molecular formula is C14H18F3N3O2S. The number of aromatic amines is 1. The van der Waals surface area contributed by atoms with Crippen LogP contribution < -0.4 is 4.72 Å². The number of H-pyrrole nitrogens is 1. The van der Waals surface area contributed by atoms with Crippen molar-refractivity contribution in [1.29, 1.82) is 0 Å². The molecule has 1 heterocycles. The minimum atomic E-state index is -4.57. The first-order valence-electron chi connectivity index (χ1n) is 6.93. The fourth-order valence-electron chi connectivity index (χ4n) is 2.33. The largest absolute Gasteiger partial charge is 0.402 e. The van der Waals surface area contributed by atoms with E-state index in [4.69, 9.17) is 0 Å². The molecular weight excluding hydrogens is 331 g/mol. The maximum absolute atomic E-state index is 12.3. The van der Waals surface area contributed by atoms with Gasteiger partial charge in [0.05, 0.1) is 0 Å². The lowest BCUT2D eigenvalue weighted by atomic mass is 10.1. The monoisotopic (exact) mass is 349 g/mol. The van der Waals surface area contributed by atoms with Gasteiger partial charge in [-0.3, -0.25) is 0 Å². The van der Waals surface area contributed by atoms with E-state index in [1.807, 2.05) is 25.1 Å². The summed E-state index contributed by atoms with van der Waals surface area (Å²) < 4.78 is 62.7. The molecule has 9 heteroatoms. The van der Waals surface area contributed by atoms with Crippen molar-refractivity contribution in [2.24, 2.45) is 0 Å². The van der Waals surface area contributed by atoms with Crippen molar-refractivity contribution in [3.05, 3.63) is 35.5 Å². The van der Waals surface area contributed by atoms with Crippen LogP contribution in [0.5, 0.6) is 0 Å². The number of benzene rings is 1. The third-order valence-electron chi connectivity index (χ3n) is 3.50. The van der Waals surface area contributed by atoms with Crippen molar-refractivity contribution < 1.29 is 21.6 Å². The summed E-state index contributed by atoms with van der Waals surface area (Å²) in [6, 6.07) is 5.77. The Labute approximate surface area is 132 Å². The topological polar surface area (TPSA) is 65.2 Å². The smallest absolute Gasteiger partial charge is 0.361 e. The van der Waals surface area contributed by atoms with Crippen LogP contribution in [-0.4, -0.2) is 44.0 Å². The van der Waals surface area contributed by atoms with Crippen molar-refractivity contribution >= 4 is 21.1 Å². The van der Waals surface area contributed by atoms with E-state index in [2.05, 4.69) is 9.71 Å². The number of alkyl halides is 3. The molecule has 2 N–H and O–H groups in total. The molecule has 0 bridgehead atoms. The van der Waals surface area contributed by atoms with E-state index < -0.39 is 22.9 Å². The first kappa shape index (κ1) is 17.8. The number of hydrogen-bond acceptors (Lipinski definition) is 2. The van der Waals surface area contributed by atoms with Crippen LogP contribution in [0.25, 0.3) is 10.9 Å². The van der Waals surface area contributed by atoms with Gasteiger partial charge in [0.15, 0.2) is 0 Å². The molecule has 0 spiro atoms. The standard InChI is InChI=1S/C14H18F3N3O2S/c1-10-4-3-5-12-11(8-18-13(10)12)6-7-19-23(21,22)20(2)9-14(15,16)17/h3-5,8,18-19H,6-7,9H2,1-2H3. The Morgan fingerprint density at radius 3 is 2.65 bits per heavy atom. The number of fused-ring (bicyclic) bond motifs is 1. The molecule has 2 aromatic rings. The third kappa shape index (κ3) is 4.46. The Bertz CT molecular complexity index is 784. The zero-order chi connectivity index (χ0) is 17.3. The third-order valence-corrected chi connectivity index (χ3v) is 5.02. The number of aryl methyl sites for hydroxylation is 1. The van der Waals surface area contributed by atoms with Gasteiger partial charge in [-0.25, -0.2) is 4.72 Å². The van der Waals surface area contributed by atoms with Crippen LogP contribution in [0.15, 0.2) is 24.4 Å². The quantitative estimate of drug-likeness (QED) is 0.841. The lowest BCUT2D eigenvalue weighted by Crippen LogP contribution is -2.43. The molecule has 0 fully saturated rings. The van der Waals surface area contributed by atoms with Gasteiger partial charge in [0.25, 0.3) is 10.2 Å². The molecule has 0 atom stereocenters. The van der Waals surface area contributed by atoms with Gasteiger partial charge in [-0.05, 0) is 24.5 Å². The Hall–Kier alpha value is -1.58. The second-order valence-corrected chi connectivity index (χ2v) is 7.19. The molecule has 23 heavy (non-hydrogen) atoms. The zero-order valence-electron chi connectivity index (χ0n) is 12.7. The summed E-state index contributed by atoms with van der Waals surface area (Å²) >= 11 is 0. The average Bonchev–Trinajstić information content (AvgIpc) is 2.81. The van der Waals surface area contributed by atoms with Crippen LogP contribution in [0.1, 0.15) is 11.1 Å². The van der Waals surface area contributed by atoms with Gasteiger partial charge in [-0.2, -0.15) is 25.9 Å². The molecule has 5 nitrogen and oxygen atoms in total. The van der Waals surface area contributed by atoms with Gasteiger partial charge < -0.3 is 4.98 Å². The van der Waals surface area contributed by atoms with Gasteiger partial charge in [-0.15, -0.1) is 0 Å². The zero-order valence-corrected chi connectivity index (χ0v) is 13.6. The lowest BCUT2D eigenvalue weighted by Gasteiger charge is -2.19. The van der Waals surface area contributed by atoms with E-state index in [0.29, 0.717) is 6.42 Å². The van der Waals surface area contributed by atoms with E-state index >= 15 is 0 Å². The number of nitrogens with one attached hydrogen (secondary N) is 2. The minimum absolute atomic E-state index is 0.0193. The molecule has 0 aliphatic rings. The Morgan fingerprint density at radius 2 is 2.00 bits per heavy atom. The second kappa shape index (κ2) is 6.50. The summed E-state index contributed by atoms with van der Waals surface area (Å²) in [6.45, 7) is 0.456. The number of para-hydroxylation sites is 1. The summed E-state index contributed by atoms with van der Waals surface area (Å²) in [5, 5.41) is 0.979. The summed E-state index contributed by atoms with van der Waals surface area (Å²) in [4.78, 5) is 3.12. The highest BCUT2D eigenvalue weighted by Gasteiger charge is 2.33. The highest BCUT2D eigenvalue weighted by molar-refractivity contribution is 7.87. The molecule has 0 amide bonds. The summed E-state index contributed by atoms with van der Waals surface area (Å²) in [5.41, 5.74) is 2.95. The molecule has 0 aliphatic heterocycles. The molecule has 0 aliphatic carbocycles. The van der Waals surface area contributed by atoms with E-state index in [-0.39, 0.29) is 10.8 Å². The van der Waals surface area contributed by atoms with Crippen molar-refractivity contribution in [1.82, 2.24) is 14.0 Å². The maximum atomic E-state index is 12.3. The Morgan fingerprint density at radius 1 is 1.30 bits per heavy atom. The van der Waals surface area contributed by atoms with Crippen LogP contribution >= 0.6 is 0 Å². The van der Waals surface area contributed by atoms with E-state index in [0.717, 1.165) is 29.1 Å². The van der Waals surface area contributed by atoms with Crippen molar-refractivity contribution in [2.45, 2.75) is 19.5 Å². The first-order valence-corrected chi connectivity index (χ1v) is 8.37. The number of hydrogen-bond donors (Lipinski definition) is 2. The molecule has 0 unspecified atom stereocenters. The molecule has 0 saturated heterocycles. The first-order chi connectivity index (χ1) is 10.6. The van der Waals surface area contributed by atoms with Crippen LogP contribution in [0.2, 0.25) is 0 Å². The van der Waals surface area contributed by atoms with Crippen LogP contribution in [0, 0.1) is 6.92 Å². The van der Waals surface area contributed by atoms with Crippen molar-refractivity contribution in [3.63, 3.8) is 0 Å². The van der Waals surface area contributed by atoms with Crippen LogP contribution in [-0.2, 0) is 16.6 Å². The number of nitrogens with zero attached hydrogens (tertiary/aromatic N) is 1. The van der Waals surface area contributed by atoms with Gasteiger partial charge in [-0.1, -0.05) is 18.2 Å². The average molecular weight is 349 g/mol. The SMILES string of the molecule is Cc1cccc2c(CCNS(=O)(=O)N(C)CC(F)(F)F)c[nH]c12. The highest BCUT2D eigenvalue weighted by Crippen LogP contribution is 2.21. The lowest BCUT2D eigenvalue weighted by molar-refractivity contribution is -0.134. The molecule has 0 saturated carbocycles. The Balaban J connectivity index is 1.99. The van der Waals surface area contributed by atoms with Gasteiger partial charge in [0.1, 0.15) is 6.54 Å². The molecule has 1 aromatic carbocycles. The normalized spacial score (nSPS) is 13.1. The van der Waals surface area contributed by atoms with Crippen LogP contribution in [0.4, 0.5) is 13.2 Å². The fourth-order valence-corrected chi connectivity index (χ4v) is 3.23. The fraction of sp³-hybridized carbons (Fsp3) is 0.429. The van der Waals surface area contributed by atoms with E-state index in [9.17, 15) is 21.6 Å². The molecule has 0 radical (unpaired) electrons. The van der Waals surface area contributed by atoms with Crippen LogP contribution in [0.3, 0.4) is 0 Å². The minimum Gasteiger partial charge on any atom is -0.361 e. The van der Waals surface area contributed by atoms with E-state index in [1.165, 1.54) is 0 Å². The van der Waals surface area contributed by atoms with Crippen molar-refractivity contribution in [3.8, 4) is 0 Å². The second-order valence-electron chi connectivity index (χ2n) is 5.33. The molecule has 128 valence electrons. The number of aromatic nitrogens is 1. The van der Waals surface area contributed by atoms with Gasteiger partial charge in [0, 0.05) is 30.7 Å². The maximum Gasteiger partial charge on any atom is 0.402 e. The summed E-state index contributed by atoms with van der Waals surface area (Å²) in [7, 11) is -3.26. The molecule has 2 rings (SSSR count). The van der Waals surface area contributed by atoms with Gasteiger partial charge in [0.2, 0.25) is 0 Å². The summed E-state index contributed by atoms with van der Waals surface area (Å²) in [5.74, 6) is 0. The van der Waals surface area contributed by atoms with Crippen molar-refractivity contribution in [2.75, 3.05) is 20.1 Å². The number of halogens is 3. The number of rotatable bonds is 6. The van der Waals surface area contributed by atoms with E-state index in [1.54, 1.807) is 6.20 Å². The van der Waals surface area contributed by atoms with Gasteiger partial charge >= 0.3 is 6.18 Å². The predicted molar refractivity (Wildman–Crippen MR) is 82.3 cm³/mol. The highest BCUT2D eigenvalue weighted by atomic mass is 32.2. The predicted octanol–water partition coefficient (Wildman–Crippen LogP) is 2.35. The summed E-state index contributed by atoms with van der Waals surface area (Å²) in [6.07, 6.45) is -2.41. The molecule has 1 aromatic heterocycles. The Kier molecular flexibility index (Phi) is 5.02.